The van der Waals surface area contributed by atoms with Gasteiger partial charge >= 0.3 is 0 Å². The molecule has 2 N–H and O–H groups in total. The van der Waals surface area contributed by atoms with Crippen LogP contribution < -0.4 is 10.2 Å². The first kappa shape index (κ1) is 21.1. The molecule has 0 unspecified atom stereocenters. The number of amides is 2. The smallest absolute Gasteiger partial charge is 0.242 e. The molecular weight excluding hydrogens is 386 g/mol. The molecule has 0 atom stereocenters. The van der Waals surface area contributed by atoms with Gasteiger partial charge < -0.3 is 15.1 Å². The number of hydrogen-bond donors (Lipinski definition) is 2. The number of hydrogen-bond acceptors (Lipinski definition) is 2. The first-order valence-electron chi connectivity index (χ1n) is 11.0. The van der Waals surface area contributed by atoms with Crippen LogP contribution in [0.4, 0.5) is 0 Å². The lowest BCUT2D eigenvalue weighted by atomic mass is 10.0. The summed E-state index contributed by atoms with van der Waals surface area (Å²) in [6, 6.07) is 22.5. The van der Waals surface area contributed by atoms with Gasteiger partial charge in [0.25, 0.3) is 0 Å². The Bertz CT molecular complexity index is 1070. The fraction of sp³-hybridized carbons (Fsp3) is 0.308. The molecule has 3 aromatic carbocycles. The minimum Gasteiger partial charge on any atom is -0.347 e. The maximum absolute atomic E-state index is 12.6. The van der Waals surface area contributed by atoms with Crippen molar-refractivity contribution in [3.05, 3.63) is 83.4 Å². The van der Waals surface area contributed by atoms with Gasteiger partial charge in [0.05, 0.1) is 39.1 Å². The van der Waals surface area contributed by atoms with Gasteiger partial charge in [-0.15, -0.1) is 0 Å². The lowest BCUT2D eigenvalue weighted by molar-refractivity contribution is -0.917. The van der Waals surface area contributed by atoms with E-state index in [0.717, 1.165) is 49.1 Å². The summed E-state index contributed by atoms with van der Waals surface area (Å²) in [6.07, 6.45) is 0.281. The van der Waals surface area contributed by atoms with Crippen LogP contribution in [0.5, 0.6) is 0 Å². The van der Waals surface area contributed by atoms with Crippen LogP contribution in [0.3, 0.4) is 0 Å². The van der Waals surface area contributed by atoms with Gasteiger partial charge in [0.15, 0.2) is 0 Å². The van der Waals surface area contributed by atoms with Crippen molar-refractivity contribution in [3.8, 4) is 0 Å². The lowest BCUT2D eigenvalue weighted by Crippen LogP contribution is -3.13. The van der Waals surface area contributed by atoms with Crippen LogP contribution >= 0.6 is 0 Å². The molecule has 1 saturated heterocycles. The van der Waals surface area contributed by atoms with Crippen LogP contribution in [0.2, 0.25) is 0 Å². The third-order valence-corrected chi connectivity index (χ3v) is 6.19. The summed E-state index contributed by atoms with van der Waals surface area (Å²) in [7, 11) is 0. The highest BCUT2D eigenvalue weighted by Crippen LogP contribution is 2.18. The summed E-state index contributed by atoms with van der Waals surface area (Å²) in [5.41, 5.74) is 3.68. The average Bonchev–Trinajstić information content (AvgIpc) is 2.80. The Kier molecular flexibility index (Phi) is 6.63. The van der Waals surface area contributed by atoms with Crippen molar-refractivity contribution in [2.75, 3.05) is 32.7 Å². The van der Waals surface area contributed by atoms with Gasteiger partial charge in [0, 0.05) is 5.56 Å². The molecule has 0 bridgehead atoms. The number of fused-ring (bicyclic) bond motifs is 1. The Morgan fingerprint density at radius 3 is 2.39 bits per heavy atom. The molecule has 0 saturated carbocycles. The van der Waals surface area contributed by atoms with Crippen molar-refractivity contribution in [1.82, 2.24) is 10.2 Å². The molecule has 0 aromatic heterocycles. The van der Waals surface area contributed by atoms with Crippen LogP contribution in [0.1, 0.15) is 16.7 Å². The van der Waals surface area contributed by atoms with E-state index in [1.165, 1.54) is 16.0 Å². The molecule has 0 spiro atoms. The zero-order valence-electron chi connectivity index (χ0n) is 18.1. The van der Waals surface area contributed by atoms with E-state index in [0.29, 0.717) is 0 Å². The van der Waals surface area contributed by atoms with Crippen LogP contribution in [0.15, 0.2) is 66.7 Å². The summed E-state index contributed by atoms with van der Waals surface area (Å²) in [5, 5.41) is 5.02. The lowest BCUT2D eigenvalue weighted by Gasteiger charge is -2.32. The number of carbonyl (C=O) groups is 2. The molecule has 160 valence electrons. The van der Waals surface area contributed by atoms with Crippen LogP contribution in [-0.2, 0) is 22.6 Å². The Labute approximate surface area is 183 Å². The molecule has 0 aliphatic carbocycles. The highest BCUT2D eigenvalue weighted by Gasteiger charge is 2.24. The molecule has 1 fully saturated rings. The molecule has 1 aliphatic rings. The second-order valence-corrected chi connectivity index (χ2v) is 8.33. The third kappa shape index (κ3) is 5.30. The van der Waals surface area contributed by atoms with E-state index in [9.17, 15) is 9.59 Å². The number of aryl methyl sites for hydroxylation is 1. The highest BCUT2D eigenvalue weighted by atomic mass is 16.2. The number of piperazine rings is 1. The van der Waals surface area contributed by atoms with Crippen molar-refractivity contribution in [2.24, 2.45) is 0 Å². The number of quaternary nitrogens is 1. The van der Waals surface area contributed by atoms with E-state index in [1.54, 1.807) is 0 Å². The minimum absolute atomic E-state index is 0.00112. The largest absolute Gasteiger partial charge is 0.347 e. The van der Waals surface area contributed by atoms with Crippen molar-refractivity contribution in [1.29, 1.82) is 0 Å². The van der Waals surface area contributed by atoms with Gasteiger partial charge in [-0.05, 0) is 28.8 Å². The first-order valence-corrected chi connectivity index (χ1v) is 11.0. The van der Waals surface area contributed by atoms with Gasteiger partial charge in [-0.1, -0.05) is 66.7 Å². The van der Waals surface area contributed by atoms with Crippen LogP contribution in [-0.4, -0.2) is 49.4 Å². The Balaban J connectivity index is 1.24. The first-order chi connectivity index (χ1) is 15.1. The third-order valence-electron chi connectivity index (χ3n) is 6.19. The maximum atomic E-state index is 12.6. The average molecular weight is 417 g/mol. The topological polar surface area (TPSA) is 53.9 Å². The molecule has 5 nitrogen and oxygen atoms in total. The number of carbonyl (C=O) groups excluding carboxylic acids is 2. The predicted molar refractivity (Wildman–Crippen MR) is 123 cm³/mol. The fourth-order valence-corrected chi connectivity index (χ4v) is 4.30. The van der Waals surface area contributed by atoms with E-state index in [-0.39, 0.29) is 24.8 Å². The minimum atomic E-state index is -0.117. The van der Waals surface area contributed by atoms with Crippen LogP contribution in [0, 0.1) is 6.92 Å². The normalized spacial score (nSPS) is 14.5. The molecule has 2 amide bonds. The summed E-state index contributed by atoms with van der Waals surface area (Å²) < 4.78 is 0. The number of benzene rings is 3. The Morgan fingerprint density at radius 2 is 1.58 bits per heavy atom. The second-order valence-electron chi connectivity index (χ2n) is 8.33. The zero-order valence-corrected chi connectivity index (χ0v) is 18.1. The number of nitrogens with zero attached hydrogens (tertiary/aromatic N) is 1. The number of nitrogens with one attached hydrogen (secondary N) is 2. The van der Waals surface area contributed by atoms with Gasteiger partial charge in [-0.2, -0.15) is 0 Å². The Hall–Kier alpha value is -3.18. The van der Waals surface area contributed by atoms with Gasteiger partial charge in [-0.3, -0.25) is 9.59 Å². The molecule has 5 heteroatoms. The second kappa shape index (κ2) is 9.75. The molecule has 31 heavy (non-hydrogen) atoms. The van der Waals surface area contributed by atoms with Crippen molar-refractivity contribution in [3.63, 3.8) is 0 Å². The van der Waals surface area contributed by atoms with E-state index in [2.05, 4.69) is 36.5 Å². The zero-order chi connectivity index (χ0) is 21.6. The molecule has 1 heterocycles. The summed E-state index contributed by atoms with van der Waals surface area (Å²) in [5.74, 6) is -0.116. The summed E-state index contributed by atoms with van der Waals surface area (Å²) in [4.78, 5) is 28.4. The van der Waals surface area contributed by atoms with Crippen molar-refractivity contribution in [2.45, 2.75) is 19.9 Å². The monoisotopic (exact) mass is 416 g/mol. The molecule has 0 radical (unpaired) electrons. The molecular formula is C26H30N3O2+. The maximum Gasteiger partial charge on any atom is 0.242 e. The van der Waals surface area contributed by atoms with Gasteiger partial charge in [0.2, 0.25) is 11.8 Å². The molecule has 3 aromatic rings. The highest BCUT2D eigenvalue weighted by molar-refractivity contribution is 5.91. The standard InChI is InChI=1S/C26H29N3O2/c1-20-7-2-3-9-23(20)19-28-13-15-29(16-14-28)26(31)18-27-25(30)17-22-11-6-10-21-8-4-5-12-24(21)22/h2-12H,13-19H2,1H3,(H,27,30)/p+1. The van der Waals surface area contributed by atoms with Crippen molar-refractivity contribution >= 4 is 22.6 Å². The predicted octanol–water partition coefficient (Wildman–Crippen LogP) is 1.73. The van der Waals surface area contributed by atoms with E-state index in [1.807, 2.05) is 47.4 Å². The fourth-order valence-electron chi connectivity index (χ4n) is 4.30. The quantitative estimate of drug-likeness (QED) is 0.643. The van der Waals surface area contributed by atoms with Crippen LogP contribution in [0.25, 0.3) is 10.8 Å². The van der Waals surface area contributed by atoms with E-state index >= 15 is 0 Å². The Morgan fingerprint density at radius 1 is 0.903 bits per heavy atom. The molecule has 4 rings (SSSR count). The van der Waals surface area contributed by atoms with Gasteiger partial charge in [-0.25, -0.2) is 0 Å². The van der Waals surface area contributed by atoms with E-state index < -0.39 is 0 Å². The van der Waals surface area contributed by atoms with Gasteiger partial charge in [0.1, 0.15) is 6.54 Å². The number of rotatable bonds is 6. The summed E-state index contributed by atoms with van der Waals surface area (Å²) in [6.45, 7) is 6.55. The van der Waals surface area contributed by atoms with Crippen molar-refractivity contribution < 1.29 is 14.5 Å². The summed E-state index contributed by atoms with van der Waals surface area (Å²) >= 11 is 0. The van der Waals surface area contributed by atoms with E-state index in [4.69, 9.17) is 0 Å². The molecule has 1 aliphatic heterocycles. The SMILES string of the molecule is Cc1ccccc1C[NH+]1CCN(C(=O)CNC(=O)Cc2cccc3ccccc23)CC1.